The lowest BCUT2D eigenvalue weighted by Crippen LogP contribution is -2.45. The van der Waals surface area contributed by atoms with Gasteiger partial charge in [0.2, 0.25) is 0 Å². The predicted molar refractivity (Wildman–Crippen MR) is 147 cm³/mol. The molecule has 0 saturated carbocycles. The zero-order valence-corrected chi connectivity index (χ0v) is 21.8. The molecule has 1 saturated heterocycles. The lowest BCUT2D eigenvalue weighted by atomic mass is 10.0. The smallest absolute Gasteiger partial charge is 0.130 e. The molecule has 4 heterocycles. The van der Waals surface area contributed by atoms with E-state index >= 15 is 0 Å². The van der Waals surface area contributed by atoms with Gasteiger partial charge in [-0.2, -0.15) is 15.5 Å². The Labute approximate surface area is 225 Å². The van der Waals surface area contributed by atoms with E-state index in [-0.39, 0.29) is 12.1 Å². The number of allylic oxidation sites excluding steroid dienone is 3. The van der Waals surface area contributed by atoms with Gasteiger partial charge in [0, 0.05) is 74.4 Å². The van der Waals surface area contributed by atoms with Crippen molar-refractivity contribution in [1.29, 1.82) is 5.26 Å². The lowest BCUT2D eigenvalue weighted by Gasteiger charge is -2.36. The number of pyridine rings is 1. The first kappa shape index (κ1) is 26.0. The van der Waals surface area contributed by atoms with Crippen LogP contribution >= 0.6 is 0 Å². The molecule has 0 atom stereocenters. The molecule has 10 heteroatoms. The molecule has 3 aromatic heterocycles. The first-order valence-electron chi connectivity index (χ1n) is 12.5. The summed E-state index contributed by atoms with van der Waals surface area (Å²) in [5.41, 5.74) is 5.00. The van der Waals surface area contributed by atoms with Crippen molar-refractivity contribution in [3.63, 3.8) is 0 Å². The first-order valence-corrected chi connectivity index (χ1v) is 12.5. The number of nitriles is 1. The Balaban J connectivity index is 1.38. The van der Waals surface area contributed by atoms with Crippen molar-refractivity contribution in [2.45, 2.75) is 13.5 Å². The van der Waals surface area contributed by atoms with Crippen molar-refractivity contribution in [1.82, 2.24) is 29.2 Å². The highest BCUT2D eigenvalue weighted by Gasteiger charge is 2.21. The zero-order valence-electron chi connectivity index (χ0n) is 21.8. The van der Waals surface area contributed by atoms with Crippen LogP contribution in [0.4, 0.5) is 8.78 Å². The number of piperazine rings is 1. The van der Waals surface area contributed by atoms with Gasteiger partial charge in [-0.1, -0.05) is 12.1 Å². The fraction of sp³-hybridized carbons (Fsp3) is 0.241. The van der Waals surface area contributed by atoms with Gasteiger partial charge in [-0.3, -0.25) is 9.58 Å². The second kappa shape index (κ2) is 11.0. The zero-order chi connectivity index (χ0) is 27.5. The third kappa shape index (κ3) is 5.35. The van der Waals surface area contributed by atoms with E-state index in [1.807, 2.05) is 49.5 Å². The molecule has 0 unspecified atom stereocenters. The number of aromatic nitrogens is 4. The summed E-state index contributed by atoms with van der Waals surface area (Å²) in [5, 5.41) is 18.3. The van der Waals surface area contributed by atoms with E-state index in [4.69, 9.17) is 0 Å². The minimum Gasteiger partial charge on any atom is -0.354 e. The number of aliphatic imine (C=N–C) groups is 1. The topological polar surface area (TPSA) is 77.8 Å². The van der Waals surface area contributed by atoms with Gasteiger partial charge in [0.15, 0.2) is 0 Å². The van der Waals surface area contributed by atoms with Gasteiger partial charge in [0.1, 0.15) is 23.5 Å². The fourth-order valence-electron chi connectivity index (χ4n) is 4.82. The Morgan fingerprint density at radius 2 is 1.82 bits per heavy atom. The lowest BCUT2D eigenvalue weighted by molar-refractivity contribution is 0.149. The Morgan fingerprint density at radius 3 is 2.46 bits per heavy atom. The molecular weight excluding hydrogens is 498 g/mol. The minimum atomic E-state index is -0.522. The summed E-state index contributed by atoms with van der Waals surface area (Å²) < 4.78 is 31.6. The number of nitrogens with zero attached hydrogens (tertiary/aromatic N) is 8. The predicted octanol–water partition coefficient (Wildman–Crippen LogP) is 4.65. The number of halogens is 2. The van der Waals surface area contributed by atoms with E-state index in [0.29, 0.717) is 37.6 Å². The standard InChI is InChI=1S/C29H28F2N8/c1-20(24-13-21(23-16-34-36(3)17-23)18-39-29(24)22(14-32)15-35-39)7-8-28(33-2)38-11-9-37(10-12-38)19-25-26(30)5-4-6-27(25)31/h4-8,13,15-18H,2,9-12,19H2,1,3H3/b20-7+,28-8+. The maximum atomic E-state index is 14.1. The maximum Gasteiger partial charge on any atom is 0.130 e. The van der Waals surface area contributed by atoms with Crippen molar-refractivity contribution < 1.29 is 8.78 Å². The first-order chi connectivity index (χ1) is 18.9. The summed E-state index contributed by atoms with van der Waals surface area (Å²) in [6, 6.07) is 8.22. The maximum absolute atomic E-state index is 14.1. The van der Waals surface area contributed by atoms with Crippen molar-refractivity contribution in [3.05, 3.63) is 95.4 Å². The SMILES string of the molecule is C=N/C(=C\C=C(/C)c1cc(-c2cnn(C)c2)cn2ncc(C#N)c12)N1CCN(Cc2c(F)cccc2F)CC1. The highest BCUT2D eigenvalue weighted by atomic mass is 19.1. The Bertz CT molecular complexity index is 1610. The normalized spacial score (nSPS) is 15.1. The number of benzene rings is 1. The Kier molecular flexibility index (Phi) is 7.34. The number of aryl methyl sites for hydroxylation is 1. The molecule has 0 amide bonds. The van der Waals surface area contributed by atoms with Gasteiger partial charge in [-0.15, -0.1) is 0 Å². The van der Waals surface area contributed by atoms with Crippen LogP contribution in [0.3, 0.4) is 0 Å². The van der Waals surface area contributed by atoms with Crippen molar-refractivity contribution in [2.24, 2.45) is 12.0 Å². The van der Waals surface area contributed by atoms with Gasteiger partial charge in [0.05, 0.1) is 23.5 Å². The number of hydrogen-bond donors (Lipinski definition) is 0. The second-order valence-electron chi connectivity index (χ2n) is 9.50. The van der Waals surface area contributed by atoms with Gasteiger partial charge in [0.25, 0.3) is 0 Å². The molecule has 0 bridgehead atoms. The molecule has 1 aliphatic rings. The molecule has 198 valence electrons. The van der Waals surface area contributed by atoms with E-state index in [9.17, 15) is 14.0 Å². The van der Waals surface area contributed by atoms with Crippen LogP contribution < -0.4 is 0 Å². The van der Waals surface area contributed by atoms with E-state index in [2.05, 4.69) is 32.9 Å². The largest absolute Gasteiger partial charge is 0.354 e. The van der Waals surface area contributed by atoms with Crippen LogP contribution in [-0.4, -0.2) is 62.1 Å². The van der Waals surface area contributed by atoms with Gasteiger partial charge < -0.3 is 4.90 Å². The van der Waals surface area contributed by atoms with Crippen LogP contribution in [-0.2, 0) is 13.6 Å². The molecule has 4 aromatic rings. The van der Waals surface area contributed by atoms with E-state index in [1.54, 1.807) is 21.6 Å². The molecule has 0 spiro atoms. The molecular formula is C29H28F2N8. The summed E-state index contributed by atoms with van der Waals surface area (Å²) in [6.07, 6.45) is 11.0. The summed E-state index contributed by atoms with van der Waals surface area (Å²) in [7, 11) is 1.86. The molecule has 0 radical (unpaired) electrons. The van der Waals surface area contributed by atoms with Crippen LogP contribution in [0.5, 0.6) is 0 Å². The van der Waals surface area contributed by atoms with E-state index in [1.165, 1.54) is 18.2 Å². The highest BCUT2D eigenvalue weighted by Crippen LogP contribution is 2.29. The van der Waals surface area contributed by atoms with Crippen molar-refractivity contribution in [3.8, 4) is 17.2 Å². The molecule has 5 rings (SSSR count). The monoisotopic (exact) mass is 526 g/mol. The third-order valence-electron chi connectivity index (χ3n) is 6.98. The summed E-state index contributed by atoms with van der Waals surface area (Å²) in [4.78, 5) is 8.38. The summed E-state index contributed by atoms with van der Waals surface area (Å²) in [6.45, 7) is 8.53. The molecule has 0 aliphatic carbocycles. The fourth-order valence-corrected chi connectivity index (χ4v) is 4.82. The molecule has 39 heavy (non-hydrogen) atoms. The van der Waals surface area contributed by atoms with E-state index < -0.39 is 11.6 Å². The minimum absolute atomic E-state index is 0.0959. The second-order valence-corrected chi connectivity index (χ2v) is 9.50. The van der Waals surface area contributed by atoms with Gasteiger partial charge in [-0.25, -0.2) is 18.3 Å². The Morgan fingerprint density at radius 1 is 1.08 bits per heavy atom. The van der Waals surface area contributed by atoms with Gasteiger partial charge in [-0.05, 0) is 43.5 Å². The van der Waals surface area contributed by atoms with E-state index in [0.717, 1.165) is 27.8 Å². The van der Waals surface area contributed by atoms with Crippen LogP contribution in [0.1, 0.15) is 23.6 Å². The van der Waals surface area contributed by atoms with Crippen LogP contribution in [0, 0.1) is 23.0 Å². The third-order valence-corrected chi connectivity index (χ3v) is 6.98. The summed E-state index contributed by atoms with van der Waals surface area (Å²) in [5.74, 6) is -0.337. The van der Waals surface area contributed by atoms with Crippen molar-refractivity contribution in [2.75, 3.05) is 26.2 Å². The average Bonchev–Trinajstić information content (AvgIpc) is 3.57. The van der Waals surface area contributed by atoms with Crippen LogP contribution in [0.15, 0.2) is 72.0 Å². The van der Waals surface area contributed by atoms with Crippen LogP contribution in [0.2, 0.25) is 0 Å². The van der Waals surface area contributed by atoms with Gasteiger partial charge >= 0.3 is 0 Å². The number of fused-ring (bicyclic) bond motifs is 1. The quantitative estimate of drug-likeness (QED) is 0.259. The number of hydrogen-bond acceptors (Lipinski definition) is 6. The molecule has 1 fully saturated rings. The van der Waals surface area contributed by atoms with Crippen LogP contribution in [0.25, 0.3) is 22.2 Å². The molecule has 1 aromatic carbocycles. The molecule has 1 aliphatic heterocycles. The number of rotatable bonds is 7. The molecule has 0 N–H and O–H groups in total. The Hall–Kier alpha value is -4.62. The highest BCUT2D eigenvalue weighted by molar-refractivity contribution is 5.84. The summed E-state index contributed by atoms with van der Waals surface area (Å²) >= 11 is 0. The molecule has 8 nitrogen and oxygen atoms in total. The van der Waals surface area contributed by atoms with Crippen molar-refractivity contribution >= 4 is 17.8 Å². The average molecular weight is 527 g/mol.